The monoisotopic (exact) mass is 400 g/mol. The van der Waals surface area contributed by atoms with E-state index in [4.69, 9.17) is 17.0 Å². The van der Waals surface area contributed by atoms with E-state index >= 15 is 0 Å². The van der Waals surface area contributed by atoms with Crippen LogP contribution in [0.3, 0.4) is 0 Å². The van der Waals surface area contributed by atoms with Crippen LogP contribution in [0.25, 0.3) is 6.08 Å². The number of benzene rings is 2. The van der Waals surface area contributed by atoms with E-state index in [2.05, 4.69) is 0 Å². The van der Waals surface area contributed by atoms with Crippen LogP contribution in [-0.2, 0) is 9.53 Å². The van der Waals surface area contributed by atoms with Crippen molar-refractivity contribution in [3.05, 3.63) is 74.7 Å². The summed E-state index contributed by atoms with van der Waals surface area (Å²) in [5.74, 6) is -1.05. The zero-order valence-corrected chi connectivity index (χ0v) is 15.6. The molecule has 2 aromatic rings. The smallest absolute Gasteiger partial charge is 0.339 e. The van der Waals surface area contributed by atoms with E-state index in [0.717, 1.165) is 11.8 Å². The molecule has 3 rings (SSSR count). The lowest BCUT2D eigenvalue weighted by molar-refractivity contribution is -0.385. The van der Waals surface area contributed by atoms with Gasteiger partial charge < -0.3 is 4.74 Å². The summed E-state index contributed by atoms with van der Waals surface area (Å²) < 4.78 is 4.98. The number of nitro groups is 1. The Balaban J connectivity index is 2.03. The molecule has 1 saturated heterocycles. The molecule has 2 aromatic carbocycles. The van der Waals surface area contributed by atoms with Crippen molar-refractivity contribution in [3.63, 3.8) is 0 Å². The molecule has 7 nitrogen and oxygen atoms in total. The predicted molar refractivity (Wildman–Crippen MR) is 107 cm³/mol. The number of carbonyl (C=O) groups is 2. The van der Waals surface area contributed by atoms with Crippen molar-refractivity contribution < 1.29 is 19.2 Å². The van der Waals surface area contributed by atoms with Crippen LogP contribution in [-0.4, -0.2) is 28.2 Å². The number of thioether (sulfide) groups is 1. The summed E-state index contributed by atoms with van der Waals surface area (Å²) in [5, 5.41) is 11.2. The number of hydrogen-bond donors (Lipinski definition) is 0. The summed E-state index contributed by atoms with van der Waals surface area (Å²) in [7, 11) is 1.25. The lowest BCUT2D eigenvalue weighted by atomic mass is 10.1. The second-order valence-electron chi connectivity index (χ2n) is 5.34. The Hall–Kier alpha value is -3.04. The van der Waals surface area contributed by atoms with Gasteiger partial charge in [-0.3, -0.25) is 19.8 Å². The molecular formula is C18H12N2O5S2. The van der Waals surface area contributed by atoms with Gasteiger partial charge in [-0.05, 0) is 24.3 Å². The van der Waals surface area contributed by atoms with Crippen molar-refractivity contribution >= 4 is 57.6 Å². The number of para-hydroxylation sites is 2. The summed E-state index contributed by atoms with van der Waals surface area (Å²) >= 11 is 6.32. The summed E-state index contributed by atoms with van der Waals surface area (Å²) in [6.45, 7) is 0. The Bertz CT molecular complexity index is 1000. The topological polar surface area (TPSA) is 89.8 Å². The molecule has 0 bridgehead atoms. The maximum atomic E-state index is 12.9. The highest BCUT2D eigenvalue weighted by Crippen LogP contribution is 2.38. The Morgan fingerprint density at radius 3 is 2.59 bits per heavy atom. The highest BCUT2D eigenvalue weighted by molar-refractivity contribution is 8.27. The third-order valence-electron chi connectivity index (χ3n) is 3.76. The number of esters is 1. The number of carbonyl (C=O) groups excluding carboxylic acids is 2. The number of thiocarbonyl (C=S) groups is 1. The normalized spacial score (nSPS) is 15.3. The molecule has 27 heavy (non-hydrogen) atoms. The molecule has 1 fully saturated rings. The standard InChI is InChI=1S/C18H12N2O5S2/c1-25-17(22)12-7-3-5-9-14(12)19-16(21)15(27-18(19)26)10-11-6-2-4-8-13(11)20(23)24/h2-10H,1H3/b15-10-. The minimum Gasteiger partial charge on any atom is -0.465 e. The highest BCUT2D eigenvalue weighted by atomic mass is 32.2. The second kappa shape index (κ2) is 7.68. The number of anilines is 1. The van der Waals surface area contributed by atoms with Crippen LogP contribution in [0.1, 0.15) is 15.9 Å². The predicted octanol–water partition coefficient (Wildman–Crippen LogP) is 3.79. The van der Waals surface area contributed by atoms with Gasteiger partial charge in [-0.25, -0.2) is 4.79 Å². The molecule has 136 valence electrons. The molecule has 0 aromatic heterocycles. The molecule has 0 aliphatic carbocycles. The Labute approximate surface area is 163 Å². The third kappa shape index (κ3) is 3.60. The van der Waals surface area contributed by atoms with Crippen molar-refractivity contribution in [2.24, 2.45) is 0 Å². The van der Waals surface area contributed by atoms with Crippen LogP contribution >= 0.6 is 24.0 Å². The van der Waals surface area contributed by atoms with E-state index < -0.39 is 16.8 Å². The zero-order valence-electron chi connectivity index (χ0n) is 13.9. The lowest BCUT2D eigenvalue weighted by Crippen LogP contribution is -2.29. The molecule has 0 atom stereocenters. The quantitative estimate of drug-likeness (QED) is 0.254. The number of ether oxygens (including phenoxy) is 1. The van der Waals surface area contributed by atoms with Gasteiger partial charge in [0, 0.05) is 6.07 Å². The van der Waals surface area contributed by atoms with Gasteiger partial charge in [0.1, 0.15) is 0 Å². The maximum Gasteiger partial charge on any atom is 0.339 e. The van der Waals surface area contributed by atoms with E-state index in [1.807, 2.05) is 0 Å². The van der Waals surface area contributed by atoms with Crippen LogP contribution < -0.4 is 4.90 Å². The Kier molecular flexibility index (Phi) is 5.33. The number of hydrogen-bond acceptors (Lipinski definition) is 7. The van der Waals surface area contributed by atoms with Gasteiger partial charge in [-0.2, -0.15) is 0 Å². The summed E-state index contributed by atoms with van der Waals surface area (Å²) in [6, 6.07) is 12.5. The lowest BCUT2D eigenvalue weighted by Gasteiger charge is -2.17. The molecule has 0 radical (unpaired) electrons. The second-order valence-corrected chi connectivity index (χ2v) is 7.02. The first-order chi connectivity index (χ1) is 12.9. The molecule has 1 heterocycles. The molecule has 1 amide bonds. The average Bonchev–Trinajstić information content (AvgIpc) is 2.94. The number of amides is 1. The first-order valence-corrected chi connectivity index (χ1v) is 8.85. The van der Waals surface area contributed by atoms with Crippen molar-refractivity contribution in [1.82, 2.24) is 0 Å². The van der Waals surface area contributed by atoms with Gasteiger partial charge in [-0.15, -0.1) is 0 Å². The van der Waals surface area contributed by atoms with E-state index in [9.17, 15) is 19.7 Å². The van der Waals surface area contributed by atoms with Crippen LogP contribution in [0, 0.1) is 10.1 Å². The molecule has 9 heteroatoms. The fourth-order valence-electron chi connectivity index (χ4n) is 2.54. The van der Waals surface area contributed by atoms with E-state index in [-0.39, 0.29) is 20.5 Å². The first-order valence-electron chi connectivity index (χ1n) is 7.62. The molecule has 1 aliphatic heterocycles. The van der Waals surface area contributed by atoms with Gasteiger partial charge in [0.05, 0.1) is 33.8 Å². The number of methoxy groups -OCH3 is 1. The van der Waals surface area contributed by atoms with Gasteiger partial charge in [0.25, 0.3) is 11.6 Å². The molecule has 0 unspecified atom stereocenters. The summed E-state index contributed by atoms with van der Waals surface area (Å²) in [4.78, 5) is 37.0. The molecule has 0 N–H and O–H groups in total. The zero-order chi connectivity index (χ0) is 19.6. The third-order valence-corrected chi connectivity index (χ3v) is 5.07. The summed E-state index contributed by atoms with van der Waals surface area (Å²) in [5.41, 5.74) is 0.683. The largest absolute Gasteiger partial charge is 0.465 e. The molecule has 0 spiro atoms. The van der Waals surface area contributed by atoms with E-state index in [1.165, 1.54) is 30.2 Å². The van der Waals surface area contributed by atoms with Crippen LogP contribution in [0.5, 0.6) is 0 Å². The van der Waals surface area contributed by atoms with Crippen molar-refractivity contribution in [2.45, 2.75) is 0 Å². The molecule has 1 aliphatic rings. The van der Waals surface area contributed by atoms with Gasteiger partial charge in [0.15, 0.2) is 4.32 Å². The minimum absolute atomic E-state index is 0.113. The Morgan fingerprint density at radius 2 is 1.89 bits per heavy atom. The van der Waals surface area contributed by atoms with Crippen LogP contribution in [0.4, 0.5) is 11.4 Å². The number of nitrogens with zero attached hydrogens (tertiary/aromatic N) is 2. The van der Waals surface area contributed by atoms with E-state index in [1.54, 1.807) is 36.4 Å². The number of nitro benzene ring substituents is 1. The first kappa shape index (κ1) is 18.7. The van der Waals surface area contributed by atoms with Gasteiger partial charge in [-0.1, -0.05) is 48.2 Å². The van der Waals surface area contributed by atoms with Crippen LogP contribution in [0.2, 0.25) is 0 Å². The Morgan fingerprint density at radius 1 is 1.22 bits per heavy atom. The van der Waals surface area contributed by atoms with Crippen molar-refractivity contribution in [1.29, 1.82) is 0 Å². The number of rotatable bonds is 4. The van der Waals surface area contributed by atoms with Gasteiger partial charge in [0.2, 0.25) is 0 Å². The van der Waals surface area contributed by atoms with Gasteiger partial charge >= 0.3 is 5.97 Å². The fourth-order valence-corrected chi connectivity index (χ4v) is 3.82. The maximum absolute atomic E-state index is 12.9. The molecule has 0 saturated carbocycles. The molecular weight excluding hydrogens is 388 g/mol. The van der Waals surface area contributed by atoms with Crippen molar-refractivity contribution in [2.75, 3.05) is 12.0 Å². The highest BCUT2D eigenvalue weighted by Gasteiger charge is 2.35. The van der Waals surface area contributed by atoms with Crippen molar-refractivity contribution in [3.8, 4) is 0 Å². The summed E-state index contributed by atoms with van der Waals surface area (Å²) in [6.07, 6.45) is 1.43. The SMILES string of the molecule is COC(=O)c1ccccc1N1C(=O)/C(=C/c2ccccc2[N+](=O)[O-])SC1=S. The fraction of sp³-hybridized carbons (Fsp3) is 0.0556. The average molecular weight is 400 g/mol. The minimum atomic E-state index is -0.595. The van der Waals surface area contributed by atoms with Crippen LogP contribution in [0.15, 0.2) is 53.4 Å². The van der Waals surface area contributed by atoms with E-state index in [0.29, 0.717) is 11.3 Å².